The lowest BCUT2D eigenvalue weighted by molar-refractivity contribution is -0.139. The summed E-state index contributed by atoms with van der Waals surface area (Å²) in [4.78, 5) is 18.9. The zero-order chi connectivity index (χ0) is 25.4. The number of piperidine rings is 1. The molecular formula is C25H31F3N6O2. The maximum absolute atomic E-state index is 13.6. The number of likely N-dealkylation sites (tertiary alicyclic amines) is 1. The molecule has 36 heavy (non-hydrogen) atoms. The second-order valence-corrected chi connectivity index (χ2v) is 10.1. The van der Waals surface area contributed by atoms with Crippen LogP contribution in [0, 0.1) is 11.8 Å². The van der Waals surface area contributed by atoms with E-state index in [2.05, 4.69) is 32.7 Å². The molecule has 2 N–H and O–H groups in total. The number of anilines is 1. The quantitative estimate of drug-likeness (QED) is 0.495. The third-order valence-corrected chi connectivity index (χ3v) is 7.43. The van der Waals surface area contributed by atoms with Crippen LogP contribution in [0.4, 0.5) is 18.9 Å². The molecule has 2 atom stereocenters. The molecule has 0 bridgehead atoms. The van der Waals surface area contributed by atoms with E-state index in [1.807, 2.05) is 13.0 Å². The number of nitrogens with one attached hydrogen (secondary N) is 2. The Kier molecular flexibility index (Phi) is 6.67. The number of fused-ring (bicyclic) bond motifs is 1. The third-order valence-electron chi connectivity index (χ3n) is 7.43. The number of rotatable bonds is 7. The van der Waals surface area contributed by atoms with E-state index >= 15 is 0 Å². The van der Waals surface area contributed by atoms with Crippen molar-refractivity contribution in [3.8, 4) is 11.5 Å². The Morgan fingerprint density at radius 2 is 1.97 bits per heavy atom. The summed E-state index contributed by atoms with van der Waals surface area (Å²) < 4.78 is 47.1. The lowest BCUT2D eigenvalue weighted by Gasteiger charge is -2.32. The lowest BCUT2D eigenvalue weighted by Crippen LogP contribution is -2.39. The van der Waals surface area contributed by atoms with Crippen LogP contribution in [0.5, 0.6) is 0 Å². The maximum atomic E-state index is 13.6. The first-order chi connectivity index (χ1) is 17.2. The number of benzene rings is 1. The van der Waals surface area contributed by atoms with Crippen molar-refractivity contribution in [2.24, 2.45) is 11.8 Å². The van der Waals surface area contributed by atoms with E-state index in [0.717, 1.165) is 44.5 Å². The van der Waals surface area contributed by atoms with Crippen molar-refractivity contribution in [1.29, 1.82) is 0 Å². The van der Waals surface area contributed by atoms with Gasteiger partial charge >= 0.3 is 6.18 Å². The highest BCUT2D eigenvalue weighted by Gasteiger charge is 2.33. The molecule has 1 aliphatic carbocycles. The molecule has 0 spiro atoms. The van der Waals surface area contributed by atoms with Crippen molar-refractivity contribution >= 4 is 22.5 Å². The summed E-state index contributed by atoms with van der Waals surface area (Å²) in [5, 5.41) is 10.9. The SMILES string of the molecule is C[C@@H]1CC[C@H]1C(=O)NCc1nc(-c2cc3c(NC4CCN(C)CC4)cccc3n2CC(F)(F)F)no1. The molecule has 5 rings (SSSR count). The summed E-state index contributed by atoms with van der Waals surface area (Å²) in [5.41, 5.74) is 1.45. The van der Waals surface area contributed by atoms with Crippen LogP contribution in [0.1, 0.15) is 38.5 Å². The largest absolute Gasteiger partial charge is 0.406 e. The molecule has 8 nitrogen and oxygen atoms in total. The van der Waals surface area contributed by atoms with Gasteiger partial charge in [0.15, 0.2) is 0 Å². The number of alkyl halides is 3. The number of hydrogen-bond donors (Lipinski definition) is 2. The fourth-order valence-corrected chi connectivity index (χ4v) is 5.10. The van der Waals surface area contributed by atoms with Gasteiger partial charge in [-0.15, -0.1) is 0 Å². The first-order valence-electron chi connectivity index (χ1n) is 12.4. The molecule has 11 heteroatoms. The molecule has 1 aliphatic heterocycles. The average molecular weight is 505 g/mol. The number of halogens is 3. The number of amides is 1. The van der Waals surface area contributed by atoms with Crippen molar-refractivity contribution in [3.05, 3.63) is 30.2 Å². The van der Waals surface area contributed by atoms with Gasteiger partial charge in [-0.1, -0.05) is 18.1 Å². The van der Waals surface area contributed by atoms with Gasteiger partial charge in [-0.05, 0) is 69.9 Å². The molecule has 2 fully saturated rings. The van der Waals surface area contributed by atoms with Crippen LogP contribution in [0.15, 0.2) is 28.8 Å². The van der Waals surface area contributed by atoms with Crippen molar-refractivity contribution in [1.82, 2.24) is 24.9 Å². The molecule has 0 radical (unpaired) electrons. The third kappa shape index (κ3) is 5.21. The van der Waals surface area contributed by atoms with E-state index < -0.39 is 12.7 Å². The van der Waals surface area contributed by atoms with E-state index in [0.29, 0.717) is 16.8 Å². The van der Waals surface area contributed by atoms with E-state index in [1.54, 1.807) is 18.2 Å². The van der Waals surface area contributed by atoms with Crippen molar-refractivity contribution in [3.63, 3.8) is 0 Å². The zero-order valence-electron chi connectivity index (χ0n) is 20.4. The minimum Gasteiger partial charge on any atom is -0.382 e. The van der Waals surface area contributed by atoms with Gasteiger partial charge in [0, 0.05) is 23.0 Å². The average Bonchev–Trinajstić information content (AvgIpc) is 3.43. The Labute approximate surface area is 207 Å². The predicted molar refractivity (Wildman–Crippen MR) is 129 cm³/mol. The van der Waals surface area contributed by atoms with Gasteiger partial charge in [0.05, 0.1) is 17.8 Å². The number of nitrogens with zero attached hydrogens (tertiary/aromatic N) is 4. The molecular weight excluding hydrogens is 473 g/mol. The van der Waals surface area contributed by atoms with Gasteiger partial charge in [-0.2, -0.15) is 18.2 Å². The minimum absolute atomic E-state index is 0.0165. The zero-order valence-corrected chi connectivity index (χ0v) is 20.4. The van der Waals surface area contributed by atoms with E-state index in [9.17, 15) is 18.0 Å². The topological polar surface area (TPSA) is 88.2 Å². The Morgan fingerprint density at radius 1 is 1.19 bits per heavy atom. The van der Waals surface area contributed by atoms with Crippen LogP contribution >= 0.6 is 0 Å². The van der Waals surface area contributed by atoms with Gasteiger partial charge in [0.25, 0.3) is 0 Å². The normalized spacial score (nSPS) is 21.5. The van der Waals surface area contributed by atoms with Crippen LogP contribution < -0.4 is 10.6 Å². The number of carbonyl (C=O) groups excluding carboxylic acids is 1. The highest BCUT2D eigenvalue weighted by atomic mass is 19.4. The van der Waals surface area contributed by atoms with Gasteiger partial charge in [-0.3, -0.25) is 4.79 Å². The van der Waals surface area contributed by atoms with Crippen LogP contribution in [-0.2, 0) is 17.9 Å². The standard InChI is InChI=1S/C25H31F3N6O2/c1-15-6-7-17(15)24(35)29-13-22-31-23(32-36-22)21-12-18-19(30-16-8-10-33(2)11-9-16)4-3-5-20(18)34(21)14-25(26,27)28/h3-5,12,15-17,30H,6-11,13-14H2,1-2H3,(H,29,35)/t15-,17-/m1/s1. The highest BCUT2D eigenvalue weighted by molar-refractivity contribution is 5.96. The summed E-state index contributed by atoms with van der Waals surface area (Å²) in [5.74, 6) is 0.473. The van der Waals surface area contributed by atoms with Crippen LogP contribution in [-0.4, -0.2) is 57.9 Å². The lowest BCUT2D eigenvalue weighted by atomic mass is 9.74. The highest BCUT2D eigenvalue weighted by Crippen LogP contribution is 2.35. The first-order valence-corrected chi connectivity index (χ1v) is 12.4. The minimum atomic E-state index is -4.43. The molecule has 3 aromatic rings. The Balaban J connectivity index is 1.41. The van der Waals surface area contributed by atoms with Gasteiger partial charge in [-0.25, -0.2) is 0 Å². The van der Waals surface area contributed by atoms with Gasteiger partial charge in [0.2, 0.25) is 17.6 Å². The molecule has 2 aliphatic rings. The summed E-state index contributed by atoms with van der Waals surface area (Å²) in [7, 11) is 2.08. The Hall–Kier alpha value is -3.08. The molecule has 1 aromatic carbocycles. The molecule has 0 unspecified atom stereocenters. The Bertz CT molecular complexity index is 1230. The summed E-state index contributed by atoms with van der Waals surface area (Å²) in [6.45, 7) is 2.83. The molecule has 1 amide bonds. The first kappa shape index (κ1) is 24.6. The van der Waals surface area contributed by atoms with Crippen molar-refractivity contribution in [2.75, 3.05) is 25.5 Å². The summed E-state index contributed by atoms with van der Waals surface area (Å²) in [6.07, 6.45) is -0.627. The van der Waals surface area contributed by atoms with E-state index in [1.165, 1.54) is 4.57 Å². The Morgan fingerprint density at radius 3 is 2.64 bits per heavy atom. The molecule has 194 valence electrons. The second-order valence-electron chi connectivity index (χ2n) is 10.1. The smallest absolute Gasteiger partial charge is 0.382 e. The van der Waals surface area contributed by atoms with Crippen LogP contribution in [0.3, 0.4) is 0 Å². The molecule has 1 saturated heterocycles. The van der Waals surface area contributed by atoms with E-state index in [4.69, 9.17) is 4.52 Å². The molecule has 2 aromatic heterocycles. The predicted octanol–water partition coefficient (Wildman–Crippen LogP) is 4.42. The fraction of sp³-hybridized carbons (Fsp3) is 0.560. The van der Waals surface area contributed by atoms with E-state index in [-0.39, 0.29) is 41.8 Å². The van der Waals surface area contributed by atoms with Crippen LogP contribution in [0.25, 0.3) is 22.4 Å². The number of carbonyl (C=O) groups is 1. The number of hydrogen-bond acceptors (Lipinski definition) is 6. The van der Waals surface area contributed by atoms with Crippen molar-refractivity contribution in [2.45, 2.75) is 57.9 Å². The summed E-state index contributed by atoms with van der Waals surface area (Å²) >= 11 is 0. The monoisotopic (exact) mass is 504 g/mol. The molecule has 1 saturated carbocycles. The summed E-state index contributed by atoms with van der Waals surface area (Å²) in [6, 6.07) is 7.25. The van der Waals surface area contributed by atoms with Gasteiger partial charge in [0.1, 0.15) is 6.54 Å². The molecule has 3 heterocycles. The van der Waals surface area contributed by atoms with Crippen molar-refractivity contribution < 1.29 is 22.5 Å². The van der Waals surface area contributed by atoms with Crippen LogP contribution in [0.2, 0.25) is 0 Å². The maximum Gasteiger partial charge on any atom is 0.406 e. The number of aromatic nitrogens is 3. The second kappa shape index (κ2) is 9.76. The fourth-order valence-electron chi connectivity index (χ4n) is 5.10. The van der Waals surface area contributed by atoms with Gasteiger partial charge < -0.3 is 24.6 Å².